The normalized spacial score (nSPS) is 10.4. The van der Waals surface area contributed by atoms with E-state index in [0.29, 0.717) is 17.4 Å². The fraction of sp³-hybridized carbons (Fsp3) is 0.148. The number of nitrogens with one attached hydrogen (secondary N) is 2. The number of amides is 2. The van der Waals surface area contributed by atoms with E-state index in [-0.39, 0.29) is 24.8 Å². The first kappa shape index (κ1) is 24.0. The number of carbonyl (C=O) groups excluding carboxylic acids is 2. The van der Waals surface area contributed by atoms with Crippen LogP contribution in [0.3, 0.4) is 0 Å². The van der Waals surface area contributed by atoms with Crippen LogP contribution in [0.25, 0.3) is 0 Å². The number of anilines is 3. The van der Waals surface area contributed by atoms with Crippen LogP contribution in [0.15, 0.2) is 90.3 Å². The van der Waals surface area contributed by atoms with Crippen LogP contribution in [0.2, 0.25) is 0 Å². The first-order valence-corrected chi connectivity index (χ1v) is 12.0. The summed E-state index contributed by atoms with van der Waals surface area (Å²) in [5.74, 6) is 0.390. The number of nitrogens with zero attached hydrogens (tertiary/aromatic N) is 2. The van der Waals surface area contributed by atoms with Crippen LogP contribution < -0.4 is 15.4 Å². The number of thiazole rings is 1. The van der Waals surface area contributed by atoms with Crippen LogP contribution in [-0.2, 0) is 11.3 Å². The van der Waals surface area contributed by atoms with Crippen LogP contribution in [0.5, 0.6) is 5.75 Å². The van der Waals surface area contributed by atoms with Gasteiger partial charge in [-0.1, -0.05) is 48.5 Å². The van der Waals surface area contributed by atoms with Crippen LogP contribution in [0.1, 0.15) is 22.5 Å². The minimum absolute atomic E-state index is 0.151. The Bertz CT molecular complexity index is 1240. The largest absolute Gasteiger partial charge is 0.497 e. The van der Waals surface area contributed by atoms with Crippen molar-refractivity contribution in [1.29, 1.82) is 0 Å². The fourth-order valence-electron chi connectivity index (χ4n) is 3.43. The zero-order valence-electron chi connectivity index (χ0n) is 19.3. The predicted octanol–water partition coefficient (Wildman–Crippen LogP) is 5.57. The lowest BCUT2D eigenvalue weighted by atomic mass is 10.2. The van der Waals surface area contributed by atoms with Gasteiger partial charge < -0.3 is 20.3 Å². The fourth-order valence-corrected chi connectivity index (χ4v) is 4.13. The topological polar surface area (TPSA) is 83.6 Å². The predicted molar refractivity (Wildman–Crippen MR) is 139 cm³/mol. The summed E-state index contributed by atoms with van der Waals surface area (Å²) in [7, 11) is 1.62. The molecule has 7 nitrogen and oxygen atoms in total. The van der Waals surface area contributed by atoms with Crippen LogP contribution in [0.4, 0.5) is 16.5 Å². The lowest BCUT2D eigenvalue weighted by Gasteiger charge is -2.22. The number of methoxy groups -OCH3 is 1. The molecule has 1 heterocycles. The van der Waals surface area contributed by atoms with Crippen molar-refractivity contribution in [1.82, 2.24) is 9.88 Å². The molecule has 0 unspecified atom stereocenters. The van der Waals surface area contributed by atoms with Gasteiger partial charge in [0.15, 0.2) is 5.13 Å². The van der Waals surface area contributed by atoms with Gasteiger partial charge in [0.2, 0.25) is 5.91 Å². The van der Waals surface area contributed by atoms with Crippen molar-refractivity contribution < 1.29 is 14.3 Å². The van der Waals surface area contributed by atoms with E-state index in [0.717, 1.165) is 22.7 Å². The zero-order chi connectivity index (χ0) is 24.5. The highest BCUT2D eigenvalue weighted by molar-refractivity contribution is 7.14. The molecular formula is C27H26N4O3S. The summed E-state index contributed by atoms with van der Waals surface area (Å²) in [6, 6.07) is 26.5. The van der Waals surface area contributed by atoms with Gasteiger partial charge in [-0.2, -0.15) is 0 Å². The number of hydrogen-bond acceptors (Lipinski definition) is 6. The van der Waals surface area contributed by atoms with E-state index < -0.39 is 0 Å². The Hall–Kier alpha value is -4.17. The number of benzene rings is 3. The molecule has 2 amide bonds. The summed E-state index contributed by atoms with van der Waals surface area (Å²) in [6.07, 6.45) is 0.175. The Morgan fingerprint density at radius 1 is 0.914 bits per heavy atom. The Morgan fingerprint density at radius 2 is 1.60 bits per heavy atom. The Balaban J connectivity index is 1.44. The van der Waals surface area contributed by atoms with Crippen molar-refractivity contribution >= 4 is 39.7 Å². The number of carbonyl (C=O) groups is 2. The van der Waals surface area contributed by atoms with Gasteiger partial charge in [0.05, 0.1) is 7.11 Å². The standard InChI is InChI=1S/C27H26N4O3S/c1-34-23-14-12-22(13-15-23)29-27-30-24(19-35-27)26(33)31(18-20-8-4-2-5-9-20)17-16-25(32)28-21-10-6-3-7-11-21/h2-15,19H,16-18H2,1H3,(H,28,32)(H,29,30). The average Bonchev–Trinajstić information content (AvgIpc) is 3.36. The highest BCUT2D eigenvalue weighted by Crippen LogP contribution is 2.24. The molecule has 0 atom stereocenters. The maximum Gasteiger partial charge on any atom is 0.273 e. The molecule has 0 bridgehead atoms. The van der Waals surface area contributed by atoms with Crippen LogP contribution >= 0.6 is 11.3 Å². The van der Waals surface area contributed by atoms with Gasteiger partial charge in [-0.05, 0) is 42.0 Å². The molecule has 0 radical (unpaired) electrons. The third kappa shape index (κ3) is 6.91. The number of hydrogen-bond donors (Lipinski definition) is 2. The SMILES string of the molecule is COc1ccc(Nc2nc(C(=O)N(CCC(=O)Nc3ccccc3)Cc3ccccc3)cs2)cc1. The first-order valence-electron chi connectivity index (χ1n) is 11.2. The third-order valence-electron chi connectivity index (χ3n) is 5.23. The zero-order valence-corrected chi connectivity index (χ0v) is 20.1. The van der Waals surface area contributed by atoms with Gasteiger partial charge in [0.25, 0.3) is 5.91 Å². The second kappa shape index (κ2) is 11.8. The van der Waals surface area contributed by atoms with E-state index in [1.54, 1.807) is 17.4 Å². The summed E-state index contributed by atoms with van der Waals surface area (Å²) < 4.78 is 5.18. The maximum atomic E-state index is 13.4. The van der Waals surface area contributed by atoms with Gasteiger partial charge in [-0.15, -0.1) is 11.3 Å². The smallest absolute Gasteiger partial charge is 0.273 e. The van der Waals surface area contributed by atoms with Crippen molar-refractivity contribution in [2.24, 2.45) is 0 Å². The van der Waals surface area contributed by atoms with Crippen molar-refractivity contribution in [3.8, 4) is 5.75 Å². The molecule has 0 saturated carbocycles. The van der Waals surface area contributed by atoms with E-state index in [9.17, 15) is 9.59 Å². The second-order valence-electron chi connectivity index (χ2n) is 7.77. The van der Waals surface area contributed by atoms with E-state index >= 15 is 0 Å². The Labute approximate surface area is 208 Å². The van der Waals surface area contributed by atoms with Crippen molar-refractivity contribution in [3.63, 3.8) is 0 Å². The molecule has 4 aromatic rings. The molecule has 0 aliphatic rings. The molecule has 1 aromatic heterocycles. The maximum absolute atomic E-state index is 13.4. The highest BCUT2D eigenvalue weighted by atomic mass is 32.1. The Kier molecular flexibility index (Phi) is 8.08. The Morgan fingerprint density at radius 3 is 2.29 bits per heavy atom. The van der Waals surface area contributed by atoms with Gasteiger partial charge >= 0.3 is 0 Å². The third-order valence-corrected chi connectivity index (χ3v) is 5.99. The summed E-state index contributed by atoms with van der Waals surface area (Å²) in [5.41, 5.74) is 2.89. The summed E-state index contributed by atoms with van der Waals surface area (Å²) in [4.78, 5) is 32.0. The number of aromatic nitrogens is 1. The van der Waals surface area contributed by atoms with Crippen LogP contribution in [0, 0.1) is 0 Å². The molecule has 0 saturated heterocycles. The van der Waals surface area contributed by atoms with Gasteiger partial charge in [-0.25, -0.2) is 4.98 Å². The second-order valence-corrected chi connectivity index (χ2v) is 8.63. The number of ether oxygens (including phenoxy) is 1. The molecule has 3 aromatic carbocycles. The molecule has 2 N–H and O–H groups in total. The lowest BCUT2D eigenvalue weighted by molar-refractivity contribution is -0.116. The van der Waals surface area contributed by atoms with E-state index in [2.05, 4.69) is 15.6 Å². The average molecular weight is 487 g/mol. The van der Waals surface area contributed by atoms with Gasteiger partial charge in [-0.3, -0.25) is 9.59 Å². The molecule has 0 aliphatic carbocycles. The van der Waals surface area contributed by atoms with Crippen molar-refractivity contribution in [2.75, 3.05) is 24.3 Å². The molecule has 0 spiro atoms. The first-order chi connectivity index (χ1) is 17.1. The molecule has 35 heavy (non-hydrogen) atoms. The minimum atomic E-state index is -0.222. The number of para-hydroxylation sites is 1. The van der Waals surface area contributed by atoms with E-state index in [4.69, 9.17) is 4.74 Å². The minimum Gasteiger partial charge on any atom is -0.497 e. The monoisotopic (exact) mass is 486 g/mol. The molecule has 4 rings (SSSR count). The molecule has 0 aliphatic heterocycles. The van der Waals surface area contributed by atoms with Gasteiger partial charge in [0.1, 0.15) is 11.4 Å². The summed E-state index contributed by atoms with van der Waals surface area (Å²) >= 11 is 1.35. The van der Waals surface area contributed by atoms with E-state index in [1.165, 1.54) is 11.3 Å². The summed E-state index contributed by atoms with van der Waals surface area (Å²) in [5, 5.41) is 8.43. The quantitative estimate of drug-likeness (QED) is 0.306. The van der Waals surface area contributed by atoms with Crippen LogP contribution in [-0.4, -0.2) is 35.4 Å². The van der Waals surface area contributed by atoms with Crippen molar-refractivity contribution in [3.05, 3.63) is 102 Å². The number of rotatable bonds is 10. The van der Waals surface area contributed by atoms with Gasteiger partial charge in [0, 0.05) is 36.3 Å². The lowest BCUT2D eigenvalue weighted by Crippen LogP contribution is -2.33. The molecule has 0 fully saturated rings. The molecule has 178 valence electrons. The molecular weight excluding hydrogens is 460 g/mol. The highest BCUT2D eigenvalue weighted by Gasteiger charge is 2.20. The molecule has 8 heteroatoms. The van der Waals surface area contributed by atoms with E-state index in [1.807, 2.05) is 84.9 Å². The summed E-state index contributed by atoms with van der Waals surface area (Å²) in [6.45, 7) is 0.655. The van der Waals surface area contributed by atoms with Crippen molar-refractivity contribution in [2.45, 2.75) is 13.0 Å².